The second kappa shape index (κ2) is 5.61. The Labute approximate surface area is 126 Å². The molecule has 2 heterocycles. The molecule has 1 aliphatic rings. The van der Waals surface area contributed by atoms with E-state index in [4.69, 9.17) is 5.73 Å². The van der Waals surface area contributed by atoms with Crippen LogP contribution in [0.25, 0.3) is 10.2 Å². The molecule has 2 unspecified atom stereocenters. The number of hydrogen-bond acceptors (Lipinski definition) is 5. The van der Waals surface area contributed by atoms with Crippen LogP contribution < -0.4 is 11.1 Å². The van der Waals surface area contributed by atoms with Crippen LogP contribution in [0.15, 0.2) is 18.3 Å². The van der Waals surface area contributed by atoms with Crippen molar-refractivity contribution in [1.29, 1.82) is 0 Å². The molecule has 0 aliphatic heterocycles. The Morgan fingerprint density at radius 2 is 2.40 bits per heavy atom. The van der Waals surface area contributed by atoms with Gasteiger partial charge in [-0.25, -0.2) is 0 Å². The van der Waals surface area contributed by atoms with Gasteiger partial charge in [0, 0.05) is 17.5 Å². The molecule has 0 spiro atoms. The van der Waals surface area contributed by atoms with E-state index in [0.717, 1.165) is 23.1 Å². The number of nitrogen functional groups attached to an aromatic ring is 1. The Balaban J connectivity index is 1.77. The summed E-state index contributed by atoms with van der Waals surface area (Å²) in [6, 6.07) is 4.08. The zero-order chi connectivity index (χ0) is 14.1. The summed E-state index contributed by atoms with van der Waals surface area (Å²) in [5.74, 6) is -0.0581. The molecule has 1 amide bonds. The van der Waals surface area contributed by atoms with E-state index in [1.807, 2.05) is 23.9 Å². The van der Waals surface area contributed by atoms with Crippen molar-refractivity contribution in [3.05, 3.63) is 23.2 Å². The Morgan fingerprint density at radius 1 is 1.55 bits per heavy atom. The molecular formula is C14H17N3OS2. The van der Waals surface area contributed by atoms with Crippen LogP contribution in [0.3, 0.4) is 0 Å². The lowest BCUT2D eigenvalue weighted by molar-refractivity contribution is 0.0943. The van der Waals surface area contributed by atoms with Crippen LogP contribution in [0, 0.1) is 0 Å². The largest absolute Gasteiger partial charge is 0.396 e. The van der Waals surface area contributed by atoms with Gasteiger partial charge in [-0.05, 0) is 37.7 Å². The molecule has 2 aromatic heterocycles. The molecule has 3 rings (SSSR count). The topological polar surface area (TPSA) is 68.0 Å². The Bertz CT molecular complexity index is 640. The van der Waals surface area contributed by atoms with Gasteiger partial charge in [-0.15, -0.1) is 11.3 Å². The smallest absolute Gasteiger partial charge is 0.263 e. The van der Waals surface area contributed by atoms with Crippen LogP contribution in [-0.2, 0) is 0 Å². The SMILES string of the molecule is CSC1CCC(NC(=O)c2sc3cccnc3c2N)C1. The average molecular weight is 307 g/mol. The molecule has 0 radical (unpaired) electrons. The van der Waals surface area contributed by atoms with Crippen molar-refractivity contribution in [3.8, 4) is 0 Å². The fourth-order valence-electron chi connectivity index (χ4n) is 2.65. The normalized spacial score (nSPS) is 22.2. The van der Waals surface area contributed by atoms with Crippen LogP contribution in [0.2, 0.25) is 0 Å². The Kier molecular flexibility index (Phi) is 3.85. The summed E-state index contributed by atoms with van der Waals surface area (Å²) < 4.78 is 0.962. The molecule has 6 heteroatoms. The quantitative estimate of drug-likeness (QED) is 0.915. The predicted molar refractivity (Wildman–Crippen MR) is 86.4 cm³/mol. The highest BCUT2D eigenvalue weighted by atomic mass is 32.2. The minimum absolute atomic E-state index is 0.0581. The molecule has 2 aromatic rings. The molecule has 20 heavy (non-hydrogen) atoms. The fraction of sp³-hybridized carbons (Fsp3) is 0.429. The number of carbonyl (C=O) groups excluding carboxylic acids is 1. The second-order valence-electron chi connectivity index (χ2n) is 5.04. The first-order valence-corrected chi connectivity index (χ1v) is 8.76. The fourth-order valence-corrected chi connectivity index (χ4v) is 4.43. The first-order chi connectivity index (χ1) is 9.69. The van der Waals surface area contributed by atoms with E-state index in [0.29, 0.717) is 15.8 Å². The molecule has 0 bridgehead atoms. The average Bonchev–Trinajstić information content (AvgIpc) is 3.04. The highest BCUT2D eigenvalue weighted by Crippen LogP contribution is 2.33. The molecule has 1 saturated carbocycles. The van der Waals surface area contributed by atoms with Gasteiger partial charge in [0.1, 0.15) is 10.4 Å². The lowest BCUT2D eigenvalue weighted by Gasteiger charge is -2.12. The minimum Gasteiger partial charge on any atom is -0.396 e. The van der Waals surface area contributed by atoms with E-state index in [1.165, 1.54) is 17.8 Å². The number of hydrogen-bond donors (Lipinski definition) is 2. The van der Waals surface area contributed by atoms with Gasteiger partial charge < -0.3 is 11.1 Å². The summed E-state index contributed by atoms with van der Waals surface area (Å²) in [5.41, 5.74) is 7.29. The number of thioether (sulfide) groups is 1. The van der Waals surface area contributed by atoms with E-state index in [2.05, 4.69) is 16.6 Å². The van der Waals surface area contributed by atoms with Crippen LogP contribution in [-0.4, -0.2) is 28.4 Å². The monoisotopic (exact) mass is 307 g/mol. The van der Waals surface area contributed by atoms with Crippen LogP contribution in [0.4, 0.5) is 5.69 Å². The summed E-state index contributed by atoms with van der Waals surface area (Å²) >= 11 is 3.30. The number of amides is 1. The Hall–Kier alpha value is -1.27. The van der Waals surface area contributed by atoms with Crippen molar-refractivity contribution >= 4 is 44.9 Å². The lowest BCUT2D eigenvalue weighted by Crippen LogP contribution is -2.32. The summed E-state index contributed by atoms with van der Waals surface area (Å²) in [5, 5.41) is 3.78. The van der Waals surface area contributed by atoms with E-state index < -0.39 is 0 Å². The third-order valence-electron chi connectivity index (χ3n) is 3.74. The standard InChI is InChI=1S/C14H17N3OS2/c1-19-9-5-4-8(7-9)17-14(18)13-11(15)12-10(20-13)3-2-6-16-12/h2-3,6,8-9H,4-5,7,15H2,1H3,(H,17,18). The van der Waals surface area contributed by atoms with Gasteiger partial charge >= 0.3 is 0 Å². The molecule has 1 aliphatic carbocycles. The van der Waals surface area contributed by atoms with Gasteiger partial charge in [-0.2, -0.15) is 11.8 Å². The lowest BCUT2D eigenvalue weighted by atomic mass is 10.2. The van der Waals surface area contributed by atoms with E-state index in [9.17, 15) is 4.79 Å². The van der Waals surface area contributed by atoms with Crippen molar-refractivity contribution < 1.29 is 4.79 Å². The number of anilines is 1. The number of rotatable bonds is 3. The van der Waals surface area contributed by atoms with Gasteiger partial charge in [-0.1, -0.05) is 0 Å². The van der Waals surface area contributed by atoms with E-state index >= 15 is 0 Å². The van der Waals surface area contributed by atoms with Crippen molar-refractivity contribution in [1.82, 2.24) is 10.3 Å². The molecule has 1 fully saturated rings. The molecular weight excluding hydrogens is 290 g/mol. The van der Waals surface area contributed by atoms with Crippen molar-refractivity contribution in [3.63, 3.8) is 0 Å². The van der Waals surface area contributed by atoms with Gasteiger partial charge in [0.15, 0.2) is 0 Å². The number of nitrogens with zero attached hydrogens (tertiary/aromatic N) is 1. The van der Waals surface area contributed by atoms with Gasteiger partial charge in [0.05, 0.1) is 10.4 Å². The number of fused-ring (bicyclic) bond motifs is 1. The van der Waals surface area contributed by atoms with Gasteiger partial charge in [0.2, 0.25) is 0 Å². The number of nitrogens with two attached hydrogens (primary N) is 1. The number of carbonyl (C=O) groups is 1. The first kappa shape index (κ1) is 13.7. The molecule has 2 atom stereocenters. The van der Waals surface area contributed by atoms with Crippen LogP contribution in [0.1, 0.15) is 28.9 Å². The van der Waals surface area contributed by atoms with Gasteiger partial charge in [0.25, 0.3) is 5.91 Å². The number of aromatic nitrogens is 1. The summed E-state index contributed by atoms with van der Waals surface area (Å²) in [4.78, 5) is 17.2. The van der Waals surface area contributed by atoms with Crippen molar-refractivity contribution in [2.75, 3.05) is 12.0 Å². The van der Waals surface area contributed by atoms with Crippen LogP contribution >= 0.6 is 23.1 Å². The molecule has 4 nitrogen and oxygen atoms in total. The Morgan fingerprint density at radius 3 is 3.10 bits per heavy atom. The molecule has 0 aromatic carbocycles. The van der Waals surface area contributed by atoms with Crippen molar-refractivity contribution in [2.45, 2.75) is 30.6 Å². The third kappa shape index (κ3) is 2.50. The first-order valence-electron chi connectivity index (χ1n) is 6.65. The zero-order valence-electron chi connectivity index (χ0n) is 11.3. The molecule has 0 saturated heterocycles. The predicted octanol–water partition coefficient (Wildman–Crippen LogP) is 2.89. The van der Waals surface area contributed by atoms with Crippen molar-refractivity contribution in [2.24, 2.45) is 0 Å². The molecule has 106 valence electrons. The van der Waals surface area contributed by atoms with Gasteiger partial charge in [-0.3, -0.25) is 9.78 Å². The third-order valence-corrected chi connectivity index (χ3v) is 6.00. The highest BCUT2D eigenvalue weighted by molar-refractivity contribution is 7.99. The highest BCUT2D eigenvalue weighted by Gasteiger charge is 2.27. The summed E-state index contributed by atoms with van der Waals surface area (Å²) in [6.07, 6.45) is 7.11. The molecule has 3 N–H and O–H groups in total. The summed E-state index contributed by atoms with van der Waals surface area (Å²) in [7, 11) is 0. The zero-order valence-corrected chi connectivity index (χ0v) is 12.9. The number of nitrogens with one attached hydrogen (secondary N) is 1. The maximum Gasteiger partial charge on any atom is 0.263 e. The maximum absolute atomic E-state index is 12.4. The summed E-state index contributed by atoms with van der Waals surface area (Å²) in [6.45, 7) is 0. The maximum atomic E-state index is 12.4. The number of thiophene rings is 1. The van der Waals surface area contributed by atoms with E-state index in [1.54, 1.807) is 6.20 Å². The van der Waals surface area contributed by atoms with E-state index in [-0.39, 0.29) is 11.9 Å². The second-order valence-corrected chi connectivity index (χ2v) is 7.23. The minimum atomic E-state index is -0.0581. The number of pyridine rings is 1. The van der Waals surface area contributed by atoms with Crippen LogP contribution in [0.5, 0.6) is 0 Å².